The molecule has 2 N–H and O–H groups in total. The van der Waals surface area contributed by atoms with Crippen LogP contribution in [0.3, 0.4) is 0 Å². The normalized spacial score (nSPS) is 19.8. The Labute approximate surface area is 157 Å². The van der Waals surface area contributed by atoms with Gasteiger partial charge in [0, 0.05) is 23.0 Å². The van der Waals surface area contributed by atoms with Crippen LogP contribution >= 0.6 is 0 Å². The van der Waals surface area contributed by atoms with Gasteiger partial charge < -0.3 is 10.6 Å². The third-order valence-electron chi connectivity index (χ3n) is 5.06. The summed E-state index contributed by atoms with van der Waals surface area (Å²) in [6.45, 7) is 3.04. The Bertz CT molecular complexity index is 971. The van der Waals surface area contributed by atoms with E-state index >= 15 is 0 Å². The zero-order valence-corrected chi connectivity index (χ0v) is 15.2. The molecule has 4 rings (SSSR count). The smallest absolute Gasteiger partial charge is 0.252 e. The zero-order valence-electron chi connectivity index (χ0n) is 15.2. The van der Waals surface area contributed by atoms with Gasteiger partial charge in [0.15, 0.2) is 0 Å². The number of carbonyl (C=O) groups is 1. The number of halogens is 1. The summed E-state index contributed by atoms with van der Waals surface area (Å²) in [6.07, 6.45) is 1.84. The molecule has 1 aliphatic rings. The lowest BCUT2D eigenvalue weighted by molar-refractivity contribution is 0.0927. The van der Waals surface area contributed by atoms with Gasteiger partial charge in [-0.25, -0.2) is 9.37 Å². The van der Waals surface area contributed by atoms with Gasteiger partial charge in [0.1, 0.15) is 5.82 Å². The Morgan fingerprint density at radius 3 is 2.74 bits per heavy atom. The van der Waals surface area contributed by atoms with Crippen LogP contribution in [0.5, 0.6) is 0 Å². The Balaban J connectivity index is 1.72. The third-order valence-corrected chi connectivity index (χ3v) is 5.06. The standard InChI is InChI=1S/C22H22FN3O/c1-14-12-17(10-11-24-14)25-22(27)19-13-21(15-6-8-16(23)9-7-15)26-20-5-3-2-4-18(19)20/h2-9,13-14,17,24H,10-12H2,1H3,(H,25,27). The van der Waals surface area contributed by atoms with Crippen LogP contribution < -0.4 is 10.6 Å². The van der Waals surface area contributed by atoms with Crippen LogP contribution in [0.2, 0.25) is 0 Å². The molecule has 2 unspecified atom stereocenters. The highest BCUT2D eigenvalue weighted by Gasteiger charge is 2.22. The second-order valence-electron chi connectivity index (χ2n) is 7.13. The van der Waals surface area contributed by atoms with Crippen LogP contribution in [0, 0.1) is 5.82 Å². The van der Waals surface area contributed by atoms with Crippen molar-refractivity contribution in [2.45, 2.75) is 31.8 Å². The van der Waals surface area contributed by atoms with Gasteiger partial charge in [-0.2, -0.15) is 0 Å². The van der Waals surface area contributed by atoms with Crippen LogP contribution in [-0.4, -0.2) is 29.5 Å². The lowest BCUT2D eigenvalue weighted by atomic mass is 9.99. The summed E-state index contributed by atoms with van der Waals surface area (Å²) < 4.78 is 13.3. The van der Waals surface area contributed by atoms with Gasteiger partial charge in [-0.1, -0.05) is 18.2 Å². The number of para-hydroxylation sites is 1. The molecule has 1 aliphatic heterocycles. The van der Waals surface area contributed by atoms with Crippen molar-refractivity contribution in [3.8, 4) is 11.3 Å². The number of fused-ring (bicyclic) bond motifs is 1. The summed E-state index contributed by atoms with van der Waals surface area (Å²) in [5.74, 6) is -0.381. The molecule has 0 aliphatic carbocycles. The van der Waals surface area contributed by atoms with Gasteiger partial charge in [-0.3, -0.25) is 4.79 Å². The highest BCUT2D eigenvalue weighted by molar-refractivity contribution is 6.07. The number of aromatic nitrogens is 1. The first-order chi connectivity index (χ1) is 13.1. The molecule has 0 saturated carbocycles. The SMILES string of the molecule is CC1CC(NC(=O)c2cc(-c3ccc(F)cc3)nc3ccccc23)CCN1. The Hall–Kier alpha value is -2.79. The van der Waals surface area contributed by atoms with E-state index in [1.807, 2.05) is 24.3 Å². The fourth-order valence-corrected chi connectivity index (χ4v) is 3.66. The Morgan fingerprint density at radius 2 is 1.96 bits per heavy atom. The molecule has 0 radical (unpaired) electrons. The molecule has 2 atom stereocenters. The van der Waals surface area contributed by atoms with Gasteiger partial charge in [0.25, 0.3) is 5.91 Å². The second-order valence-corrected chi connectivity index (χ2v) is 7.13. The number of pyridine rings is 1. The number of nitrogens with zero attached hydrogens (tertiary/aromatic N) is 1. The molecule has 4 nitrogen and oxygen atoms in total. The number of carbonyl (C=O) groups excluding carboxylic acids is 1. The summed E-state index contributed by atoms with van der Waals surface area (Å²) in [5.41, 5.74) is 2.80. The average molecular weight is 363 g/mol. The predicted molar refractivity (Wildman–Crippen MR) is 105 cm³/mol. The first kappa shape index (κ1) is 17.6. The molecule has 5 heteroatoms. The van der Waals surface area contributed by atoms with Crippen LogP contribution in [0.4, 0.5) is 4.39 Å². The van der Waals surface area contributed by atoms with Crippen molar-refractivity contribution in [3.63, 3.8) is 0 Å². The van der Waals surface area contributed by atoms with E-state index < -0.39 is 0 Å². The highest BCUT2D eigenvalue weighted by atomic mass is 19.1. The van der Waals surface area contributed by atoms with Crippen LogP contribution in [-0.2, 0) is 0 Å². The van der Waals surface area contributed by atoms with E-state index in [2.05, 4.69) is 22.5 Å². The van der Waals surface area contributed by atoms with E-state index in [0.29, 0.717) is 17.3 Å². The number of piperidine rings is 1. The molecule has 1 saturated heterocycles. The van der Waals surface area contributed by atoms with Gasteiger partial charge in [-0.15, -0.1) is 0 Å². The first-order valence-electron chi connectivity index (χ1n) is 9.30. The van der Waals surface area contributed by atoms with Gasteiger partial charge >= 0.3 is 0 Å². The fraction of sp³-hybridized carbons (Fsp3) is 0.273. The predicted octanol–water partition coefficient (Wildman–Crippen LogP) is 3.91. The monoisotopic (exact) mass is 363 g/mol. The minimum absolute atomic E-state index is 0.0870. The molecule has 1 amide bonds. The number of amides is 1. The van der Waals surface area contributed by atoms with Gasteiger partial charge in [0.2, 0.25) is 0 Å². The Kier molecular flexibility index (Phi) is 4.86. The molecule has 0 spiro atoms. The molecule has 2 heterocycles. The summed E-state index contributed by atoms with van der Waals surface area (Å²) >= 11 is 0. The second kappa shape index (κ2) is 7.45. The maximum Gasteiger partial charge on any atom is 0.252 e. The zero-order chi connectivity index (χ0) is 18.8. The van der Waals surface area contributed by atoms with Gasteiger partial charge in [0.05, 0.1) is 16.8 Å². The molecule has 138 valence electrons. The van der Waals surface area contributed by atoms with Crippen molar-refractivity contribution in [1.29, 1.82) is 0 Å². The molecule has 0 bridgehead atoms. The van der Waals surface area contributed by atoms with Crippen molar-refractivity contribution in [2.24, 2.45) is 0 Å². The molecule has 1 fully saturated rings. The van der Waals surface area contributed by atoms with Crippen molar-refractivity contribution < 1.29 is 9.18 Å². The lowest BCUT2D eigenvalue weighted by Gasteiger charge is -2.28. The van der Waals surface area contributed by atoms with Crippen molar-refractivity contribution in [3.05, 3.63) is 66.0 Å². The summed E-state index contributed by atoms with van der Waals surface area (Å²) in [5, 5.41) is 7.40. The number of rotatable bonds is 3. The van der Waals surface area contributed by atoms with Crippen molar-refractivity contribution in [2.75, 3.05) is 6.54 Å². The average Bonchev–Trinajstić information content (AvgIpc) is 2.67. The van der Waals surface area contributed by atoms with Crippen LogP contribution in [0.1, 0.15) is 30.1 Å². The summed E-state index contributed by atoms with van der Waals surface area (Å²) in [6, 6.07) is 16.2. The van der Waals surface area contributed by atoms with E-state index in [9.17, 15) is 9.18 Å². The van der Waals surface area contributed by atoms with Gasteiger partial charge in [-0.05, 0) is 62.7 Å². The van der Waals surface area contributed by atoms with E-state index in [4.69, 9.17) is 0 Å². The van der Waals surface area contributed by atoms with E-state index in [0.717, 1.165) is 35.9 Å². The van der Waals surface area contributed by atoms with Crippen molar-refractivity contribution in [1.82, 2.24) is 15.6 Å². The number of hydrogen-bond acceptors (Lipinski definition) is 3. The fourth-order valence-electron chi connectivity index (χ4n) is 3.66. The number of hydrogen-bond donors (Lipinski definition) is 2. The molecular formula is C22H22FN3O. The Morgan fingerprint density at radius 1 is 1.19 bits per heavy atom. The molecule has 2 aromatic carbocycles. The minimum atomic E-state index is -0.294. The molecule has 27 heavy (non-hydrogen) atoms. The lowest BCUT2D eigenvalue weighted by Crippen LogP contribution is -2.46. The minimum Gasteiger partial charge on any atom is -0.349 e. The number of benzene rings is 2. The highest BCUT2D eigenvalue weighted by Crippen LogP contribution is 2.25. The topological polar surface area (TPSA) is 54.0 Å². The van der Waals surface area contributed by atoms with Crippen molar-refractivity contribution >= 4 is 16.8 Å². The maximum absolute atomic E-state index is 13.3. The van der Waals surface area contributed by atoms with Crippen LogP contribution in [0.15, 0.2) is 54.6 Å². The first-order valence-corrected chi connectivity index (χ1v) is 9.30. The molecular weight excluding hydrogens is 341 g/mol. The third kappa shape index (κ3) is 3.83. The van der Waals surface area contributed by atoms with E-state index in [1.165, 1.54) is 12.1 Å². The number of nitrogens with one attached hydrogen (secondary N) is 2. The molecule has 1 aromatic heterocycles. The molecule has 3 aromatic rings. The maximum atomic E-state index is 13.3. The quantitative estimate of drug-likeness (QED) is 0.742. The summed E-state index contributed by atoms with van der Waals surface area (Å²) in [4.78, 5) is 17.7. The van der Waals surface area contributed by atoms with Crippen LogP contribution in [0.25, 0.3) is 22.2 Å². The van der Waals surface area contributed by atoms with E-state index in [-0.39, 0.29) is 17.8 Å². The van der Waals surface area contributed by atoms with E-state index in [1.54, 1.807) is 18.2 Å². The summed E-state index contributed by atoms with van der Waals surface area (Å²) in [7, 11) is 0. The largest absolute Gasteiger partial charge is 0.349 e.